The van der Waals surface area contributed by atoms with Crippen molar-refractivity contribution in [1.82, 2.24) is 0 Å². The molecule has 0 bridgehead atoms. The molecule has 0 radical (unpaired) electrons. The molecular formula is C7H15NaO5S2. The molecule has 8 heteroatoms. The van der Waals surface area contributed by atoms with Gasteiger partial charge in [0.15, 0.2) is 0 Å². The van der Waals surface area contributed by atoms with E-state index < -0.39 is 27.4 Å². The summed E-state index contributed by atoms with van der Waals surface area (Å²) in [4.78, 5) is 0. The minimum Gasteiger partial charge on any atom is -0.747 e. The molecule has 0 aromatic carbocycles. The number of aliphatic hydroxyl groups is 2. The Kier molecular flexibility index (Phi) is 10.3. The Balaban J connectivity index is 0. The average molecular weight is 266 g/mol. The third kappa shape index (κ3) is 7.98. The summed E-state index contributed by atoms with van der Waals surface area (Å²) in [6.07, 6.45) is -0.983. The maximum atomic E-state index is 10.8. The normalized spacial score (nSPS) is 15.9. The molecule has 2 atom stereocenters. The van der Waals surface area contributed by atoms with Gasteiger partial charge in [0.1, 0.15) is 10.1 Å². The Labute approximate surface area is 117 Å². The zero-order chi connectivity index (χ0) is 11.4. The third-order valence-corrected chi connectivity index (χ3v) is 5.17. The van der Waals surface area contributed by atoms with Crippen LogP contribution in [0, 0.1) is 5.92 Å². The van der Waals surface area contributed by atoms with Gasteiger partial charge in [-0.05, 0) is 5.92 Å². The SMILES string of the molecule is CC(C)C(SCC(O)CO)S(=O)(=O)[O-].[Na+]. The largest absolute Gasteiger partial charge is 1.00 e. The monoisotopic (exact) mass is 266 g/mol. The molecule has 0 saturated heterocycles. The third-order valence-electron chi connectivity index (χ3n) is 1.49. The fraction of sp³-hybridized carbons (Fsp3) is 1.00. The molecule has 0 aromatic rings. The first-order valence-corrected chi connectivity index (χ1v) is 6.66. The summed E-state index contributed by atoms with van der Waals surface area (Å²) in [5.41, 5.74) is 0. The fourth-order valence-corrected chi connectivity index (χ4v) is 3.34. The van der Waals surface area contributed by atoms with E-state index in [1.54, 1.807) is 13.8 Å². The van der Waals surface area contributed by atoms with Crippen molar-refractivity contribution in [3.05, 3.63) is 0 Å². The van der Waals surface area contributed by atoms with Crippen LogP contribution in [0.15, 0.2) is 0 Å². The molecule has 0 aliphatic rings. The van der Waals surface area contributed by atoms with Crippen LogP contribution in [0.25, 0.3) is 0 Å². The zero-order valence-corrected chi connectivity index (χ0v) is 12.7. The maximum Gasteiger partial charge on any atom is 1.00 e. The molecule has 0 amide bonds. The van der Waals surface area contributed by atoms with Crippen LogP contribution in [0.2, 0.25) is 0 Å². The fourth-order valence-electron chi connectivity index (χ4n) is 0.868. The second kappa shape index (κ2) is 8.30. The molecule has 0 aromatic heterocycles. The number of hydrogen-bond acceptors (Lipinski definition) is 6. The van der Waals surface area contributed by atoms with Crippen LogP contribution in [0.4, 0.5) is 0 Å². The molecule has 0 saturated carbocycles. The van der Waals surface area contributed by atoms with Gasteiger partial charge in [-0.2, -0.15) is 0 Å². The quantitative estimate of drug-likeness (QED) is 0.384. The first-order valence-electron chi connectivity index (χ1n) is 4.14. The van der Waals surface area contributed by atoms with E-state index in [0.717, 1.165) is 11.8 Å². The van der Waals surface area contributed by atoms with E-state index in [-0.39, 0.29) is 41.2 Å². The second-order valence-corrected chi connectivity index (χ2v) is 6.24. The predicted molar refractivity (Wildman–Crippen MR) is 53.9 cm³/mol. The first-order chi connectivity index (χ1) is 6.29. The number of aliphatic hydroxyl groups excluding tert-OH is 2. The van der Waals surface area contributed by atoms with E-state index in [9.17, 15) is 13.0 Å². The van der Waals surface area contributed by atoms with Gasteiger partial charge in [0.25, 0.3) is 0 Å². The Morgan fingerprint density at radius 3 is 2.13 bits per heavy atom. The summed E-state index contributed by atoms with van der Waals surface area (Å²) in [5.74, 6) is -0.269. The molecular weight excluding hydrogens is 251 g/mol. The van der Waals surface area contributed by atoms with Gasteiger partial charge in [0, 0.05) is 5.75 Å². The van der Waals surface area contributed by atoms with Crippen LogP contribution in [0.5, 0.6) is 0 Å². The number of rotatable bonds is 6. The summed E-state index contributed by atoms with van der Waals surface area (Å²) in [6, 6.07) is 0. The first kappa shape index (κ1) is 18.5. The van der Waals surface area contributed by atoms with Gasteiger partial charge in [-0.3, -0.25) is 0 Å². The summed E-state index contributed by atoms with van der Waals surface area (Å²) in [7, 11) is -4.35. The van der Waals surface area contributed by atoms with E-state index in [2.05, 4.69) is 0 Å². The number of hydrogen-bond donors (Lipinski definition) is 2. The average Bonchev–Trinajstić information content (AvgIpc) is 2.01. The Morgan fingerprint density at radius 1 is 1.40 bits per heavy atom. The smallest absolute Gasteiger partial charge is 0.747 e. The van der Waals surface area contributed by atoms with Gasteiger partial charge >= 0.3 is 29.6 Å². The van der Waals surface area contributed by atoms with Crippen LogP contribution in [0.1, 0.15) is 13.8 Å². The molecule has 0 aliphatic carbocycles. The van der Waals surface area contributed by atoms with Crippen molar-refractivity contribution < 1.29 is 52.7 Å². The van der Waals surface area contributed by atoms with E-state index in [4.69, 9.17) is 10.2 Å². The van der Waals surface area contributed by atoms with Crippen molar-refractivity contribution in [1.29, 1.82) is 0 Å². The minimum absolute atomic E-state index is 0. The van der Waals surface area contributed by atoms with Crippen molar-refractivity contribution in [2.75, 3.05) is 12.4 Å². The summed E-state index contributed by atoms with van der Waals surface area (Å²) >= 11 is 0.859. The molecule has 86 valence electrons. The molecule has 15 heavy (non-hydrogen) atoms. The molecule has 5 nitrogen and oxygen atoms in total. The van der Waals surface area contributed by atoms with Crippen LogP contribution in [-0.4, -0.2) is 46.2 Å². The Hall–Kier alpha value is 1.18. The molecule has 0 fully saturated rings. The second-order valence-electron chi connectivity index (χ2n) is 3.27. The van der Waals surface area contributed by atoms with Gasteiger partial charge < -0.3 is 14.8 Å². The van der Waals surface area contributed by atoms with Gasteiger partial charge in [0.2, 0.25) is 0 Å². The summed E-state index contributed by atoms with van der Waals surface area (Å²) < 4.78 is 31.2. The molecule has 0 aliphatic heterocycles. The van der Waals surface area contributed by atoms with E-state index in [1.807, 2.05) is 0 Å². The predicted octanol–water partition coefficient (Wildman–Crippen LogP) is -3.40. The maximum absolute atomic E-state index is 10.8. The molecule has 0 spiro atoms. The van der Waals surface area contributed by atoms with Gasteiger partial charge in [0.05, 0.1) is 17.3 Å². The molecule has 2 unspecified atom stereocenters. The van der Waals surface area contributed by atoms with E-state index in [0.29, 0.717) is 0 Å². The van der Waals surface area contributed by atoms with Crippen LogP contribution >= 0.6 is 11.8 Å². The molecule has 0 rings (SSSR count). The van der Waals surface area contributed by atoms with Gasteiger partial charge in [-0.1, -0.05) is 13.8 Å². The minimum atomic E-state index is -4.35. The van der Waals surface area contributed by atoms with Gasteiger partial charge in [-0.15, -0.1) is 11.8 Å². The summed E-state index contributed by atoms with van der Waals surface area (Å²) in [5, 5.41) is 17.5. The Morgan fingerprint density at radius 2 is 1.87 bits per heavy atom. The van der Waals surface area contributed by atoms with Crippen LogP contribution < -0.4 is 29.6 Å². The number of thioether (sulfide) groups is 1. The van der Waals surface area contributed by atoms with E-state index >= 15 is 0 Å². The van der Waals surface area contributed by atoms with E-state index in [1.165, 1.54) is 0 Å². The molecule has 2 N–H and O–H groups in total. The zero-order valence-electron chi connectivity index (χ0n) is 9.08. The summed E-state index contributed by atoms with van der Waals surface area (Å²) in [6.45, 7) is 2.81. The van der Waals surface area contributed by atoms with Crippen LogP contribution in [0.3, 0.4) is 0 Å². The van der Waals surface area contributed by atoms with Crippen molar-refractivity contribution in [2.45, 2.75) is 24.5 Å². The van der Waals surface area contributed by atoms with Crippen molar-refractivity contribution in [3.63, 3.8) is 0 Å². The van der Waals surface area contributed by atoms with Crippen LogP contribution in [-0.2, 0) is 10.1 Å². The van der Waals surface area contributed by atoms with Crippen molar-refractivity contribution >= 4 is 21.9 Å². The van der Waals surface area contributed by atoms with Crippen molar-refractivity contribution in [2.24, 2.45) is 5.92 Å². The van der Waals surface area contributed by atoms with Gasteiger partial charge in [-0.25, -0.2) is 8.42 Å². The standard InChI is InChI=1S/C7H16O5S2.Na/c1-5(2)7(14(10,11)12)13-4-6(9)3-8;/h5-9H,3-4H2,1-2H3,(H,10,11,12);/q;+1/p-1. The molecule has 0 heterocycles. The topological polar surface area (TPSA) is 97.7 Å². The van der Waals surface area contributed by atoms with Crippen molar-refractivity contribution in [3.8, 4) is 0 Å². The Bertz CT molecular complexity index is 254.